The number of aromatic amines is 1. The van der Waals surface area contributed by atoms with Crippen LogP contribution in [0.4, 0.5) is 13.2 Å². The lowest BCUT2D eigenvalue weighted by Gasteiger charge is -1.98. The van der Waals surface area contributed by atoms with Crippen molar-refractivity contribution in [3.8, 4) is 0 Å². The molecular weight excluding hydrogens is 231 g/mol. The van der Waals surface area contributed by atoms with Crippen molar-refractivity contribution in [1.82, 2.24) is 4.98 Å². The van der Waals surface area contributed by atoms with Gasteiger partial charge in [0.05, 0.1) is 0 Å². The van der Waals surface area contributed by atoms with E-state index < -0.39 is 12.0 Å². The maximum Gasteiger partial charge on any atom is 0.454 e. The first-order chi connectivity index (χ1) is 7.98. The maximum atomic E-state index is 12.0. The Balaban J connectivity index is 2.31. The Morgan fingerprint density at radius 3 is 2.65 bits per heavy atom. The van der Waals surface area contributed by atoms with Gasteiger partial charge in [-0.1, -0.05) is 18.2 Å². The molecule has 0 unspecified atom stereocenters. The summed E-state index contributed by atoms with van der Waals surface area (Å²) in [5.41, 5.74) is 1.37. The highest BCUT2D eigenvalue weighted by atomic mass is 19.4. The van der Waals surface area contributed by atoms with Crippen molar-refractivity contribution in [2.75, 3.05) is 0 Å². The van der Waals surface area contributed by atoms with E-state index in [1.165, 1.54) is 0 Å². The van der Waals surface area contributed by atoms with Gasteiger partial charge in [-0.05, 0) is 23.8 Å². The van der Waals surface area contributed by atoms with E-state index >= 15 is 0 Å². The Morgan fingerprint density at radius 1 is 1.24 bits per heavy atom. The summed E-state index contributed by atoms with van der Waals surface area (Å²) in [4.78, 5) is 13.6. The van der Waals surface area contributed by atoms with Crippen LogP contribution in [0.25, 0.3) is 17.0 Å². The second-order valence-electron chi connectivity index (χ2n) is 3.48. The van der Waals surface area contributed by atoms with Crippen molar-refractivity contribution in [3.63, 3.8) is 0 Å². The third-order valence-corrected chi connectivity index (χ3v) is 2.31. The van der Waals surface area contributed by atoms with Gasteiger partial charge in [-0.2, -0.15) is 13.2 Å². The maximum absolute atomic E-state index is 12.0. The van der Waals surface area contributed by atoms with E-state index in [4.69, 9.17) is 0 Å². The minimum absolute atomic E-state index is 0.537. The van der Waals surface area contributed by atoms with Gasteiger partial charge in [0.25, 0.3) is 5.78 Å². The van der Waals surface area contributed by atoms with Crippen LogP contribution in [0.2, 0.25) is 0 Å². The quantitative estimate of drug-likeness (QED) is 0.801. The SMILES string of the molecule is O=C(C=Cc1c[nH]c2ccccc12)C(F)(F)F. The first kappa shape index (κ1) is 11.4. The predicted octanol–water partition coefficient (Wildman–Crippen LogP) is 3.31. The van der Waals surface area contributed by atoms with Crippen molar-refractivity contribution in [3.05, 3.63) is 42.1 Å². The van der Waals surface area contributed by atoms with Gasteiger partial charge in [0.2, 0.25) is 0 Å². The number of hydrogen-bond acceptors (Lipinski definition) is 1. The summed E-state index contributed by atoms with van der Waals surface area (Å²) in [6, 6.07) is 7.16. The zero-order chi connectivity index (χ0) is 12.5. The van der Waals surface area contributed by atoms with Crippen LogP contribution in [-0.2, 0) is 4.79 Å². The Morgan fingerprint density at radius 2 is 1.94 bits per heavy atom. The number of halogens is 3. The van der Waals surface area contributed by atoms with Gasteiger partial charge in [-0.25, -0.2) is 0 Å². The van der Waals surface area contributed by atoms with Crippen LogP contribution in [-0.4, -0.2) is 16.9 Å². The first-order valence-electron chi connectivity index (χ1n) is 4.84. The lowest BCUT2D eigenvalue weighted by Crippen LogP contribution is -2.19. The Bertz CT molecular complexity index is 581. The average molecular weight is 239 g/mol. The summed E-state index contributed by atoms with van der Waals surface area (Å²) >= 11 is 0. The molecular formula is C12H8F3NO. The fraction of sp³-hybridized carbons (Fsp3) is 0.0833. The number of para-hydroxylation sites is 1. The Labute approximate surface area is 94.8 Å². The molecule has 1 aromatic heterocycles. The molecule has 0 fully saturated rings. The van der Waals surface area contributed by atoms with E-state index in [9.17, 15) is 18.0 Å². The molecule has 0 amide bonds. The summed E-state index contributed by atoms with van der Waals surface area (Å²) in [6.45, 7) is 0. The molecule has 0 bridgehead atoms. The number of aromatic nitrogens is 1. The molecule has 0 aliphatic rings. The standard InChI is InChI=1S/C12H8F3NO/c13-12(14,15)11(17)6-5-8-7-16-10-4-2-1-3-9(8)10/h1-7,16H. The third kappa shape index (κ3) is 2.38. The number of nitrogens with one attached hydrogen (secondary N) is 1. The molecule has 5 heteroatoms. The van der Waals surface area contributed by atoms with E-state index in [1.54, 1.807) is 24.4 Å². The van der Waals surface area contributed by atoms with Crippen molar-refractivity contribution >= 4 is 22.8 Å². The van der Waals surface area contributed by atoms with Crippen molar-refractivity contribution in [1.29, 1.82) is 0 Å². The summed E-state index contributed by atoms with van der Waals surface area (Å²) in [5, 5.41) is 0.777. The Hall–Kier alpha value is -2.04. The van der Waals surface area contributed by atoms with Crippen molar-refractivity contribution < 1.29 is 18.0 Å². The molecule has 0 radical (unpaired) electrons. The van der Waals surface area contributed by atoms with E-state index in [-0.39, 0.29) is 0 Å². The average Bonchev–Trinajstić information content (AvgIpc) is 2.68. The van der Waals surface area contributed by atoms with Gasteiger partial charge in [-0.15, -0.1) is 0 Å². The zero-order valence-corrected chi connectivity index (χ0v) is 8.58. The van der Waals surface area contributed by atoms with E-state index in [0.717, 1.165) is 17.0 Å². The van der Waals surface area contributed by atoms with E-state index in [1.807, 2.05) is 6.07 Å². The number of hydrogen-bond donors (Lipinski definition) is 1. The first-order valence-corrected chi connectivity index (χ1v) is 4.84. The summed E-state index contributed by atoms with van der Waals surface area (Å²) in [5.74, 6) is -1.86. The number of allylic oxidation sites excluding steroid dienone is 1. The molecule has 0 aliphatic heterocycles. The topological polar surface area (TPSA) is 32.9 Å². The molecule has 0 spiro atoms. The lowest BCUT2D eigenvalue weighted by molar-refractivity contribution is -0.165. The van der Waals surface area contributed by atoms with Crippen LogP contribution in [0.1, 0.15) is 5.56 Å². The normalized spacial score (nSPS) is 12.4. The smallest absolute Gasteiger partial charge is 0.361 e. The summed E-state index contributed by atoms with van der Waals surface area (Å²) in [6.07, 6.45) is -1.56. The molecule has 0 aliphatic carbocycles. The van der Waals surface area contributed by atoms with Gasteiger partial charge in [0.15, 0.2) is 0 Å². The van der Waals surface area contributed by atoms with Crippen LogP contribution < -0.4 is 0 Å². The minimum atomic E-state index is -4.82. The molecule has 88 valence electrons. The molecule has 1 aromatic carbocycles. The number of carbonyl (C=O) groups is 1. The fourth-order valence-corrected chi connectivity index (χ4v) is 1.49. The molecule has 0 atom stereocenters. The van der Waals surface area contributed by atoms with Crippen LogP contribution in [0.3, 0.4) is 0 Å². The minimum Gasteiger partial charge on any atom is -0.361 e. The highest BCUT2D eigenvalue weighted by molar-refractivity contribution is 6.00. The van der Waals surface area contributed by atoms with Crippen LogP contribution in [0.15, 0.2) is 36.5 Å². The Kier molecular flexibility index (Phi) is 2.75. The highest BCUT2D eigenvalue weighted by Gasteiger charge is 2.35. The second-order valence-corrected chi connectivity index (χ2v) is 3.48. The molecule has 2 nitrogen and oxygen atoms in total. The molecule has 1 N–H and O–H groups in total. The number of alkyl halides is 3. The largest absolute Gasteiger partial charge is 0.454 e. The van der Waals surface area contributed by atoms with Crippen molar-refractivity contribution in [2.45, 2.75) is 6.18 Å². The predicted molar refractivity (Wildman–Crippen MR) is 58.4 cm³/mol. The van der Waals surface area contributed by atoms with Gasteiger partial charge >= 0.3 is 6.18 Å². The number of carbonyl (C=O) groups excluding carboxylic acids is 1. The van der Waals surface area contributed by atoms with E-state index in [0.29, 0.717) is 11.6 Å². The van der Waals surface area contributed by atoms with Gasteiger partial charge < -0.3 is 4.98 Å². The summed E-state index contributed by atoms with van der Waals surface area (Å²) in [7, 11) is 0. The molecule has 0 saturated carbocycles. The lowest BCUT2D eigenvalue weighted by atomic mass is 10.1. The third-order valence-electron chi connectivity index (χ3n) is 2.31. The number of benzene rings is 1. The van der Waals surface area contributed by atoms with Crippen LogP contribution in [0, 0.1) is 0 Å². The number of fused-ring (bicyclic) bond motifs is 1. The molecule has 0 saturated heterocycles. The van der Waals surface area contributed by atoms with Crippen LogP contribution >= 0.6 is 0 Å². The highest BCUT2D eigenvalue weighted by Crippen LogP contribution is 2.21. The van der Waals surface area contributed by atoms with E-state index in [2.05, 4.69) is 4.98 Å². The molecule has 2 rings (SSSR count). The molecule has 2 aromatic rings. The van der Waals surface area contributed by atoms with Gasteiger partial charge in [-0.3, -0.25) is 4.79 Å². The van der Waals surface area contributed by atoms with Gasteiger partial charge in [0, 0.05) is 17.1 Å². The van der Waals surface area contributed by atoms with Crippen molar-refractivity contribution in [2.24, 2.45) is 0 Å². The number of ketones is 1. The zero-order valence-electron chi connectivity index (χ0n) is 8.58. The number of H-pyrrole nitrogens is 1. The second kappa shape index (κ2) is 4.08. The molecule has 17 heavy (non-hydrogen) atoms. The fourth-order valence-electron chi connectivity index (χ4n) is 1.49. The molecule has 1 heterocycles. The summed E-state index contributed by atoms with van der Waals surface area (Å²) < 4.78 is 35.9. The van der Waals surface area contributed by atoms with Crippen LogP contribution in [0.5, 0.6) is 0 Å². The number of rotatable bonds is 2. The van der Waals surface area contributed by atoms with Gasteiger partial charge in [0.1, 0.15) is 0 Å². The monoisotopic (exact) mass is 239 g/mol.